The van der Waals surface area contributed by atoms with Gasteiger partial charge in [-0.2, -0.15) is 13.2 Å². The summed E-state index contributed by atoms with van der Waals surface area (Å²) in [6.07, 6.45) is -0.891. The second kappa shape index (κ2) is 6.30. The lowest BCUT2D eigenvalue weighted by atomic mass is 9.82. The predicted octanol–water partition coefficient (Wildman–Crippen LogP) is 4.11. The van der Waals surface area contributed by atoms with Gasteiger partial charge in [-0.25, -0.2) is 0 Å². The molecule has 0 spiro atoms. The van der Waals surface area contributed by atoms with E-state index in [-0.39, 0.29) is 17.5 Å². The second-order valence-electron chi connectivity index (χ2n) is 6.85. The van der Waals surface area contributed by atoms with Crippen molar-refractivity contribution >= 4 is 17.6 Å². The monoisotopic (exact) mass is 365 g/mol. The third-order valence-electron chi connectivity index (χ3n) is 5.03. The number of hydrogen-bond acceptors (Lipinski definition) is 2. The molecule has 4 nitrogen and oxygen atoms in total. The second-order valence-corrected chi connectivity index (χ2v) is 6.85. The molecule has 0 aromatic heterocycles. The molecule has 1 fully saturated rings. The van der Waals surface area contributed by atoms with Gasteiger partial charge in [0.2, 0.25) is 5.91 Å². The average molecular weight is 365 g/mol. The Bertz CT molecular complexity index is 822. The minimum atomic E-state index is -4.52. The SMILES string of the molecule is CC(C)=C1[C@H]2C=C[C@H]1[C@H](C(=O)Nc1cccc(C(F)(F)F)c1)[C@H]2C(=O)O. The number of hydrogen-bond donors (Lipinski definition) is 2. The smallest absolute Gasteiger partial charge is 0.416 e. The molecule has 1 aromatic rings. The fraction of sp³-hybridized carbons (Fsp3) is 0.368. The molecule has 4 atom stereocenters. The summed E-state index contributed by atoms with van der Waals surface area (Å²) < 4.78 is 38.5. The zero-order valence-corrected chi connectivity index (χ0v) is 14.2. The summed E-state index contributed by atoms with van der Waals surface area (Å²) in [5, 5.41) is 12.1. The van der Waals surface area contributed by atoms with Gasteiger partial charge in [-0.05, 0) is 32.0 Å². The maximum Gasteiger partial charge on any atom is 0.416 e. The van der Waals surface area contributed by atoms with E-state index in [1.165, 1.54) is 12.1 Å². The van der Waals surface area contributed by atoms with Gasteiger partial charge in [-0.1, -0.05) is 29.4 Å². The molecular weight excluding hydrogens is 347 g/mol. The molecule has 0 saturated heterocycles. The van der Waals surface area contributed by atoms with Crippen molar-refractivity contribution in [3.63, 3.8) is 0 Å². The normalized spacial score (nSPS) is 26.9. The van der Waals surface area contributed by atoms with Crippen LogP contribution < -0.4 is 5.32 Å². The number of fused-ring (bicyclic) bond motifs is 2. The highest BCUT2D eigenvalue weighted by Gasteiger charge is 2.54. The topological polar surface area (TPSA) is 66.4 Å². The number of allylic oxidation sites excluding steroid dienone is 4. The van der Waals surface area contributed by atoms with Crippen LogP contribution in [0.5, 0.6) is 0 Å². The van der Waals surface area contributed by atoms with Crippen LogP contribution in [0, 0.1) is 23.7 Å². The number of carboxylic acids is 1. The molecule has 0 heterocycles. The van der Waals surface area contributed by atoms with Gasteiger partial charge in [0.25, 0.3) is 0 Å². The number of carboxylic acid groups (broad SMARTS) is 1. The molecular formula is C19H18F3NO3. The Morgan fingerprint density at radius 1 is 1.08 bits per heavy atom. The van der Waals surface area contributed by atoms with Crippen molar-refractivity contribution in [2.45, 2.75) is 20.0 Å². The summed E-state index contributed by atoms with van der Waals surface area (Å²) >= 11 is 0. The molecule has 2 N–H and O–H groups in total. The zero-order chi connectivity index (χ0) is 19.2. The summed E-state index contributed by atoms with van der Waals surface area (Å²) in [5.74, 6) is -4.10. The standard InChI is InChI=1S/C19H18F3NO3/c1-9(2)14-12-6-7-13(14)16(18(25)26)15(12)17(24)23-11-5-3-4-10(8-11)19(20,21)22/h3-8,12-13,15-16H,1-2H3,(H,23,24)(H,25,26)/t12-,13-,15+,16+/m1/s1. The Kier molecular flexibility index (Phi) is 4.42. The number of amides is 1. The Hall–Kier alpha value is -2.57. The third-order valence-corrected chi connectivity index (χ3v) is 5.03. The molecule has 3 rings (SSSR count). The van der Waals surface area contributed by atoms with E-state index in [1.807, 2.05) is 19.9 Å². The lowest BCUT2D eigenvalue weighted by Crippen LogP contribution is -2.36. The highest BCUT2D eigenvalue weighted by atomic mass is 19.4. The van der Waals surface area contributed by atoms with Crippen molar-refractivity contribution in [1.29, 1.82) is 0 Å². The summed E-state index contributed by atoms with van der Waals surface area (Å²) in [5.41, 5.74) is 1.01. The van der Waals surface area contributed by atoms with Crippen molar-refractivity contribution in [3.05, 3.63) is 53.1 Å². The lowest BCUT2D eigenvalue weighted by Gasteiger charge is -2.23. The Morgan fingerprint density at radius 3 is 2.23 bits per heavy atom. The van der Waals surface area contributed by atoms with Gasteiger partial charge in [0.15, 0.2) is 0 Å². The molecule has 138 valence electrons. The minimum absolute atomic E-state index is 0.000494. The van der Waals surface area contributed by atoms with Crippen LogP contribution in [0.1, 0.15) is 19.4 Å². The number of benzene rings is 1. The highest BCUT2D eigenvalue weighted by Crippen LogP contribution is 2.53. The van der Waals surface area contributed by atoms with E-state index in [2.05, 4.69) is 5.32 Å². The number of anilines is 1. The van der Waals surface area contributed by atoms with Crippen LogP contribution in [0.2, 0.25) is 0 Å². The minimum Gasteiger partial charge on any atom is -0.481 e. The van der Waals surface area contributed by atoms with E-state index < -0.39 is 35.5 Å². The van der Waals surface area contributed by atoms with Crippen LogP contribution in [0.3, 0.4) is 0 Å². The molecule has 1 saturated carbocycles. The van der Waals surface area contributed by atoms with Crippen LogP contribution in [0.15, 0.2) is 47.6 Å². The largest absolute Gasteiger partial charge is 0.481 e. The lowest BCUT2D eigenvalue weighted by molar-refractivity contribution is -0.146. The number of rotatable bonds is 3. The van der Waals surface area contributed by atoms with E-state index >= 15 is 0 Å². The van der Waals surface area contributed by atoms with Gasteiger partial charge in [-0.3, -0.25) is 9.59 Å². The van der Waals surface area contributed by atoms with Crippen molar-refractivity contribution in [2.75, 3.05) is 5.32 Å². The third kappa shape index (κ3) is 3.02. The zero-order valence-electron chi connectivity index (χ0n) is 14.2. The first-order chi connectivity index (χ1) is 12.1. The van der Waals surface area contributed by atoms with Gasteiger partial charge >= 0.3 is 12.1 Å². The number of nitrogens with one attached hydrogen (secondary N) is 1. The molecule has 2 bridgehead atoms. The van der Waals surface area contributed by atoms with Crippen molar-refractivity contribution in [2.24, 2.45) is 23.7 Å². The first kappa shape index (κ1) is 18.2. The average Bonchev–Trinajstić information content (AvgIpc) is 3.10. The molecule has 7 heteroatoms. The molecule has 1 amide bonds. The van der Waals surface area contributed by atoms with Crippen LogP contribution in [0.25, 0.3) is 0 Å². The van der Waals surface area contributed by atoms with E-state index in [0.29, 0.717) is 0 Å². The summed E-state index contributed by atoms with van der Waals surface area (Å²) in [7, 11) is 0. The van der Waals surface area contributed by atoms with Gasteiger partial charge in [0.1, 0.15) is 0 Å². The van der Waals surface area contributed by atoms with Crippen LogP contribution in [-0.2, 0) is 15.8 Å². The first-order valence-corrected chi connectivity index (χ1v) is 8.17. The molecule has 2 aliphatic rings. The number of aliphatic carboxylic acids is 1. The summed E-state index contributed by atoms with van der Waals surface area (Å²) in [6.45, 7) is 3.74. The van der Waals surface area contributed by atoms with E-state index in [4.69, 9.17) is 0 Å². The molecule has 26 heavy (non-hydrogen) atoms. The molecule has 2 aliphatic carbocycles. The van der Waals surface area contributed by atoms with Crippen LogP contribution in [0.4, 0.5) is 18.9 Å². The van der Waals surface area contributed by atoms with Gasteiger partial charge in [-0.15, -0.1) is 0 Å². The maximum atomic E-state index is 12.8. The Balaban J connectivity index is 1.89. The maximum absolute atomic E-state index is 12.8. The van der Waals surface area contributed by atoms with Crippen molar-refractivity contribution in [3.8, 4) is 0 Å². The first-order valence-electron chi connectivity index (χ1n) is 8.17. The van der Waals surface area contributed by atoms with E-state index in [9.17, 15) is 27.9 Å². The van der Waals surface area contributed by atoms with Crippen LogP contribution >= 0.6 is 0 Å². The highest BCUT2D eigenvalue weighted by molar-refractivity contribution is 5.97. The van der Waals surface area contributed by atoms with Crippen molar-refractivity contribution in [1.82, 2.24) is 0 Å². The van der Waals surface area contributed by atoms with Gasteiger partial charge < -0.3 is 10.4 Å². The predicted molar refractivity (Wildman–Crippen MR) is 89.2 cm³/mol. The number of carbonyl (C=O) groups is 2. The summed E-state index contributed by atoms with van der Waals surface area (Å²) in [6, 6.07) is 4.32. The molecule has 0 radical (unpaired) electrons. The van der Waals surface area contributed by atoms with Gasteiger partial charge in [0, 0.05) is 17.5 Å². The molecule has 0 aliphatic heterocycles. The number of alkyl halides is 3. The fourth-order valence-corrected chi connectivity index (χ4v) is 4.04. The molecule has 1 aromatic carbocycles. The number of carbonyl (C=O) groups excluding carboxylic acids is 1. The van der Waals surface area contributed by atoms with Crippen LogP contribution in [-0.4, -0.2) is 17.0 Å². The Morgan fingerprint density at radius 2 is 1.69 bits per heavy atom. The van der Waals surface area contributed by atoms with Gasteiger partial charge in [0.05, 0.1) is 17.4 Å². The number of halogens is 3. The fourth-order valence-electron chi connectivity index (χ4n) is 4.04. The quantitative estimate of drug-likeness (QED) is 0.792. The summed E-state index contributed by atoms with van der Waals surface area (Å²) in [4.78, 5) is 24.5. The van der Waals surface area contributed by atoms with E-state index in [1.54, 1.807) is 6.08 Å². The molecule has 0 unspecified atom stereocenters. The Labute approximate surface area is 148 Å². The van der Waals surface area contributed by atoms with Crippen molar-refractivity contribution < 1.29 is 27.9 Å². The van der Waals surface area contributed by atoms with E-state index in [0.717, 1.165) is 23.3 Å².